The number of nitrogens with one attached hydrogen (secondary N) is 1. The Labute approximate surface area is 102 Å². The van der Waals surface area contributed by atoms with Gasteiger partial charge in [-0.05, 0) is 20.8 Å². The normalized spacial score (nSPS) is 11.9. The Kier molecular flexibility index (Phi) is 3.64. The van der Waals surface area contributed by atoms with Crippen LogP contribution in [-0.4, -0.2) is 26.6 Å². The van der Waals surface area contributed by atoms with Crippen molar-refractivity contribution in [1.29, 1.82) is 0 Å². The van der Waals surface area contributed by atoms with Gasteiger partial charge in [-0.3, -0.25) is 24.9 Å². The predicted molar refractivity (Wildman–Crippen MR) is 60.8 cm³/mol. The number of amides is 3. The van der Waals surface area contributed by atoms with Gasteiger partial charge in [0.1, 0.15) is 17.4 Å². The topological polar surface area (TPSA) is 133 Å². The lowest BCUT2D eigenvalue weighted by Crippen LogP contribution is -2.39. The first-order chi connectivity index (χ1) is 8.25. The van der Waals surface area contributed by atoms with Crippen LogP contribution in [0.1, 0.15) is 24.4 Å². The molecule has 1 rings (SSSR count). The SMILES string of the molecule is Cc1nn([C@@H](C)C(=O)NC(N)=O)c(C)c1[N+](=O)[O-]. The van der Waals surface area contributed by atoms with Crippen molar-refractivity contribution < 1.29 is 14.5 Å². The number of aryl methyl sites for hydroxylation is 1. The molecule has 3 amide bonds. The highest BCUT2D eigenvalue weighted by Gasteiger charge is 2.27. The molecule has 3 N–H and O–H groups in total. The van der Waals surface area contributed by atoms with E-state index in [9.17, 15) is 19.7 Å². The van der Waals surface area contributed by atoms with Crippen molar-refractivity contribution in [2.75, 3.05) is 0 Å². The summed E-state index contributed by atoms with van der Waals surface area (Å²) < 4.78 is 1.19. The van der Waals surface area contributed by atoms with Gasteiger partial charge >= 0.3 is 11.7 Å². The maximum atomic E-state index is 11.6. The molecule has 0 unspecified atom stereocenters. The van der Waals surface area contributed by atoms with Crippen LogP contribution in [0.2, 0.25) is 0 Å². The summed E-state index contributed by atoms with van der Waals surface area (Å²) >= 11 is 0. The summed E-state index contributed by atoms with van der Waals surface area (Å²) in [5.74, 6) is -0.678. The van der Waals surface area contributed by atoms with Gasteiger partial charge in [0, 0.05) is 0 Å². The minimum Gasteiger partial charge on any atom is -0.351 e. The van der Waals surface area contributed by atoms with Gasteiger partial charge in [-0.2, -0.15) is 5.10 Å². The quantitative estimate of drug-likeness (QED) is 0.586. The van der Waals surface area contributed by atoms with E-state index in [0.717, 1.165) is 0 Å². The number of imide groups is 1. The molecular formula is C9H13N5O4. The van der Waals surface area contributed by atoms with Crippen molar-refractivity contribution >= 4 is 17.6 Å². The van der Waals surface area contributed by atoms with Crippen LogP contribution >= 0.6 is 0 Å². The second-order valence-electron chi connectivity index (χ2n) is 3.75. The number of rotatable bonds is 3. The Morgan fingerprint density at radius 3 is 2.44 bits per heavy atom. The third-order valence-corrected chi connectivity index (χ3v) is 2.46. The molecule has 98 valence electrons. The van der Waals surface area contributed by atoms with E-state index in [1.807, 2.05) is 5.32 Å². The number of urea groups is 1. The highest BCUT2D eigenvalue weighted by atomic mass is 16.6. The zero-order valence-corrected chi connectivity index (χ0v) is 10.1. The molecule has 0 saturated carbocycles. The lowest BCUT2D eigenvalue weighted by molar-refractivity contribution is -0.386. The maximum Gasteiger partial charge on any atom is 0.318 e. The monoisotopic (exact) mass is 255 g/mol. The molecule has 1 atom stereocenters. The Morgan fingerprint density at radius 1 is 1.50 bits per heavy atom. The van der Waals surface area contributed by atoms with Gasteiger partial charge in [0.05, 0.1) is 4.92 Å². The van der Waals surface area contributed by atoms with Crippen molar-refractivity contribution in [3.05, 3.63) is 21.5 Å². The van der Waals surface area contributed by atoms with Gasteiger partial charge in [-0.15, -0.1) is 0 Å². The summed E-state index contributed by atoms with van der Waals surface area (Å²) in [5, 5.41) is 16.6. The van der Waals surface area contributed by atoms with Crippen LogP contribution in [0.5, 0.6) is 0 Å². The van der Waals surface area contributed by atoms with E-state index < -0.39 is 22.9 Å². The van der Waals surface area contributed by atoms with Crippen LogP contribution < -0.4 is 11.1 Å². The lowest BCUT2D eigenvalue weighted by Gasteiger charge is -2.11. The fraction of sp³-hybridized carbons (Fsp3) is 0.444. The zero-order chi connectivity index (χ0) is 14.0. The second kappa shape index (κ2) is 4.82. The molecule has 0 bridgehead atoms. The number of carbonyl (C=O) groups excluding carboxylic acids is 2. The van der Waals surface area contributed by atoms with E-state index in [1.54, 1.807) is 0 Å². The molecule has 1 aromatic rings. The summed E-state index contributed by atoms with van der Waals surface area (Å²) in [6.45, 7) is 4.41. The first-order valence-corrected chi connectivity index (χ1v) is 5.06. The largest absolute Gasteiger partial charge is 0.351 e. The molecule has 9 nitrogen and oxygen atoms in total. The summed E-state index contributed by atoms with van der Waals surface area (Å²) in [4.78, 5) is 32.4. The Hall–Kier alpha value is -2.45. The van der Waals surface area contributed by atoms with Crippen molar-refractivity contribution in [2.24, 2.45) is 5.73 Å². The average molecular weight is 255 g/mol. The van der Waals surface area contributed by atoms with Crippen LogP contribution in [0.15, 0.2) is 0 Å². The van der Waals surface area contributed by atoms with Crippen molar-refractivity contribution in [2.45, 2.75) is 26.8 Å². The van der Waals surface area contributed by atoms with Gasteiger partial charge in [-0.1, -0.05) is 0 Å². The van der Waals surface area contributed by atoms with Crippen LogP contribution in [0.3, 0.4) is 0 Å². The molecule has 1 aromatic heterocycles. The minimum absolute atomic E-state index is 0.145. The number of primary amides is 1. The summed E-state index contributed by atoms with van der Waals surface area (Å²) in [6.07, 6.45) is 0. The van der Waals surface area contributed by atoms with E-state index in [0.29, 0.717) is 0 Å². The highest BCUT2D eigenvalue weighted by molar-refractivity contribution is 5.95. The zero-order valence-electron chi connectivity index (χ0n) is 10.1. The van der Waals surface area contributed by atoms with Crippen LogP contribution in [0.4, 0.5) is 10.5 Å². The number of carbonyl (C=O) groups is 2. The van der Waals surface area contributed by atoms with E-state index >= 15 is 0 Å². The van der Waals surface area contributed by atoms with Gasteiger partial charge < -0.3 is 5.73 Å². The van der Waals surface area contributed by atoms with Gasteiger partial charge in [0.25, 0.3) is 5.91 Å². The van der Waals surface area contributed by atoms with Gasteiger partial charge in [0.2, 0.25) is 0 Å². The molecule has 0 aliphatic heterocycles. The number of nitro groups is 1. The van der Waals surface area contributed by atoms with Crippen LogP contribution in [0, 0.1) is 24.0 Å². The minimum atomic E-state index is -0.983. The molecule has 0 radical (unpaired) electrons. The fourth-order valence-electron chi connectivity index (χ4n) is 1.63. The molecule has 0 spiro atoms. The van der Waals surface area contributed by atoms with E-state index in [4.69, 9.17) is 5.73 Å². The first kappa shape index (κ1) is 13.6. The number of aromatic nitrogens is 2. The van der Waals surface area contributed by atoms with Crippen LogP contribution in [0.25, 0.3) is 0 Å². The molecule has 1 heterocycles. The van der Waals surface area contributed by atoms with Gasteiger partial charge in [-0.25, -0.2) is 4.79 Å². The molecule has 9 heteroatoms. The summed E-state index contributed by atoms with van der Waals surface area (Å²) in [6, 6.07) is -1.85. The molecular weight excluding hydrogens is 242 g/mol. The molecule has 0 aliphatic rings. The predicted octanol–water partition coefficient (Wildman–Crippen LogP) is 0.164. The number of nitrogens with two attached hydrogens (primary N) is 1. The second-order valence-corrected chi connectivity index (χ2v) is 3.75. The Bertz CT molecular complexity index is 521. The smallest absolute Gasteiger partial charge is 0.318 e. The number of hydrogen-bond donors (Lipinski definition) is 2. The highest BCUT2D eigenvalue weighted by Crippen LogP contribution is 2.24. The summed E-state index contributed by atoms with van der Waals surface area (Å²) in [5.41, 5.74) is 5.12. The maximum absolute atomic E-state index is 11.6. The Balaban J connectivity index is 3.11. The molecule has 0 aliphatic carbocycles. The molecule has 0 saturated heterocycles. The molecule has 0 fully saturated rings. The van der Waals surface area contributed by atoms with Gasteiger partial charge in [0.15, 0.2) is 0 Å². The lowest BCUT2D eigenvalue weighted by atomic mass is 10.3. The van der Waals surface area contributed by atoms with E-state index in [-0.39, 0.29) is 17.1 Å². The third-order valence-electron chi connectivity index (χ3n) is 2.46. The molecule has 18 heavy (non-hydrogen) atoms. The first-order valence-electron chi connectivity index (χ1n) is 5.06. The van der Waals surface area contributed by atoms with Crippen molar-refractivity contribution in [3.63, 3.8) is 0 Å². The fourth-order valence-corrected chi connectivity index (χ4v) is 1.63. The van der Waals surface area contributed by atoms with Crippen molar-refractivity contribution in [1.82, 2.24) is 15.1 Å². The summed E-state index contributed by atoms with van der Waals surface area (Å²) in [7, 11) is 0. The Morgan fingerprint density at radius 2 is 2.06 bits per heavy atom. The molecule has 0 aromatic carbocycles. The number of nitrogens with zero attached hydrogens (tertiary/aromatic N) is 3. The van der Waals surface area contributed by atoms with Crippen molar-refractivity contribution in [3.8, 4) is 0 Å². The van der Waals surface area contributed by atoms with E-state index in [1.165, 1.54) is 25.5 Å². The average Bonchev–Trinajstić information content (AvgIpc) is 2.51. The van der Waals surface area contributed by atoms with E-state index in [2.05, 4.69) is 5.10 Å². The third kappa shape index (κ3) is 2.44. The van der Waals surface area contributed by atoms with Crippen LogP contribution in [-0.2, 0) is 4.79 Å². The standard InChI is InChI=1S/C9H13N5O4/c1-4-7(14(17)18)5(2)13(12-4)6(3)8(15)11-9(10)16/h6H,1-3H3,(H3,10,11,15,16)/t6-/m0/s1. The number of hydrogen-bond acceptors (Lipinski definition) is 5.